The molecule has 0 heterocycles. The fourth-order valence-corrected chi connectivity index (χ4v) is 2.50. The van der Waals surface area contributed by atoms with Gasteiger partial charge in [0.15, 0.2) is 0 Å². The Hall–Kier alpha value is -0.820. The molecule has 1 saturated carbocycles. The van der Waals surface area contributed by atoms with E-state index in [1.54, 1.807) is 0 Å². The summed E-state index contributed by atoms with van der Waals surface area (Å²) in [6, 6.07) is 9.65. The molecule has 0 aliphatic heterocycles. The van der Waals surface area contributed by atoms with Crippen molar-refractivity contribution in [1.29, 1.82) is 0 Å². The summed E-state index contributed by atoms with van der Waals surface area (Å²) < 4.78 is 0. The maximum atomic E-state index is 3.64. The molecule has 1 aromatic rings. The third-order valence-corrected chi connectivity index (χ3v) is 4.00. The van der Waals surface area contributed by atoms with E-state index in [-0.39, 0.29) is 0 Å². The van der Waals surface area contributed by atoms with Crippen LogP contribution >= 0.6 is 0 Å². The van der Waals surface area contributed by atoms with Gasteiger partial charge in [0.25, 0.3) is 0 Å². The molecule has 1 heteroatoms. The van der Waals surface area contributed by atoms with Gasteiger partial charge >= 0.3 is 0 Å². The minimum Gasteiger partial charge on any atom is -0.310 e. The maximum absolute atomic E-state index is 3.64. The highest BCUT2D eigenvalue weighted by molar-refractivity contribution is 5.22. The fourth-order valence-electron chi connectivity index (χ4n) is 2.50. The van der Waals surface area contributed by atoms with Gasteiger partial charge < -0.3 is 5.32 Å². The summed E-state index contributed by atoms with van der Waals surface area (Å²) in [4.78, 5) is 0. The van der Waals surface area contributed by atoms with Gasteiger partial charge in [-0.2, -0.15) is 0 Å². The van der Waals surface area contributed by atoms with Crippen molar-refractivity contribution in [3.63, 3.8) is 0 Å². The minimum atomic E-state index is 0.658. The molecule has 1 aliphatic carbocycles. The lowest BCUT2D eigenvalue weighted by molar-refractivity contribution is 0.265. The Balaban J connectivity index is 1.72. The Morgan fingerprint density at radius 2 is 1.82 bits per heavy atom. The number of aryl methyl sites for hydroxylation is 1. The zero-order valence-electron chi connectivity index (χ0n) is 11.2. The van der Waals surface area contributed by atoms with Crippen LogP contribution in [0.15, 0.2) is 24.3 Å². The predicted molar refractivity (Wildman–Crippen MR) is 74.1 cm³/mol. The van der Waals surface area contributed by atoms with Gasteiger partial charge in [0.05, 0.1) is 0 Å². The van der Waals surface area contributed by atoms with Crippen molar-refractivity contribution >= 4 is 0 Å². The van der Waals surface area contributed by atoms with E-state index in [2.05, 4.69) is 43.4 Å². The van der Waals surface area contributed by atoms with Crippen LogP contribution in [0.1, 0.15) is 50.7 Å². The van der Waals surface area contributed by atoms with E-state index in [1.165, 1.54) is 36.8 Å². The summed E-state index contributed by atoms with van der Waals surface area (Å²) in [7, 11) is 0. The van der Waals surface area contributed by atoms with Crippen molar-refractivity contribution in [2.75, 3.05) is 0 Å². The highest BCUT2D eigenvalue weighted by Gasteiger charge is 2.19. The first-order chi connectivity index (χ1) is 8.28. The van der Waals surface area contributed by atoms with E-state index in [4.69, 9.17) is 0 Å². The van der Waals surface area contributed by atoms with Gasteiger partial charge in [-0.25, -0.2) is 0 Å². The molecule has 2 rings (SSSR count). The summed E-state index contributed by atoms with van der Waals surface area (Å²) >= 11 is 0. The van der Waals surface area contributed by atoms with Crippen LogP contribution in [-0.2, 0) is 13.0 Å². The number of hydrogen-bond acceptors (Lipinski definition) is 1. The summed E-state index contributed by atoms with van der Waals surface area (Å²) in [5.41, 5.74) is 2.83. The van der Waals surface area contributed by atoms with Crippen LogP contribution in [0.2, 0.25) is 0 Å². The first-order valence-corrected chi connectivity index (χ1v) is 7.09. The zero-order chi connectivity index (χ0) is 12.1. The van der Waals surface area contributed by atoms with E-state index in [9.17, 15) is 0 Å². The lowest BCUT2D eigenvalue weighted by atomic mass is 9.81. The summed E-state index contributed by atoms with van der Waals surface area (Å²) in [5, 5.41) is 3.64. The van der Waals surface area contributed by atoms with Crippen LogP contribution < -0.4 is 5.32 Å². The summed E-state index contributed by atoms with van der Waals surface area (Å²) in [6.45, 7) is 5.53. The molecule has 94 valence electrons. The van der Waals surface area contributed by atoms with Gasteiger partial charge in [-0.3, -0.25) is 0 Å². The largest absolute Gasteiger partial charge is 0.310 e. The Bertz CT molecular complexity index is 324. The molecule has 1 unspecified atom stereocenters. The van der Waals surface area contributed by atoms with Crippen molar-refractivity contribution in [3.8, 4) is 0 Å². The van der Waals surface area contributed by atoms with Crippen LogP contribution in [0, 0.1) is 5.92 Å². The molecule has 0 bridgehead atoms. The molecule has 0 aromatic heterocycles. The van der Waals surface area contributed by atoms with Crippen molar-refractivity contribution < 1.29 is 0 Å². The normalized spacial score (nSPS) is 17.8. The molecule has 1 fully saturated rings. The minimum absolute atomic E-state index is 0.658. The number of hydrogen-bond donors (Lipinski definition) is 1. The Morgan fingerprint density at radius 3 is 2.35 bits per heavy atom. The number of benzene rings is 1. The van der Waals surface area contributed by atoms with E-state index >= 15 is 0 Å². The average Bonchev–Trinajstić information content (AvgIpc) is 2.32. The van der Waals surface area contributed by atoms with Gasteiger partial charge in [0.2, 0.25) is 0 Å². The zero-order valence-corrected chi connectivity index (χ0v) is 11.2. The molecule has 0 radical (unpaired) electrons. The quantitative estimate of drug-likeness (QED) is 0.782. The SMILES string of the molecule is CCc1ccc(CNC(C)CC2CCC2)cc1. The molecule has 1 atom stereocenters. The molecule has 0 saturated heterocycles. The van der Waals surface area contributed by atoms with Gasteiger partial charge in [0, 0.05) is 12.6 Å². The monoisotopic (exact) mass is 231 g/mol. The number of rotatable bonds is 6. The van der Waals surface area contributed by atoms with E-state index in [0.29, 0.717) is 6.04 Å². The van der Waals surface area contributed by atoms with E-state index in [0.717, 1.165) is 18.9 Å². The van der Waals surface area contributed by atoms with Crippen LogP contribution in [0.25, 0.3) is 0 Å². The standard InChI is InChI=1S/C16H25N/c1-3-14-7-9-16(10-8-14)12-17-13(2)11-15-5-4-6-15/h7-10,13,15,17H,3-6,11-12H2,1-2H3. The average molecular weight is 231 g/mol. The third-order valence-electron chi connectivity index (χ3n) is 4.00. The lowest BCUT2D eigenvalue weighted by Gasteiger charge is -2.28. The van der Waals surface area contributed by atoms with Crippen LogP contribution in [0.4, 0.5) is 0 Å². The molecule has 17 heavy (non-hydrogen) atoms. The first-order valence-electron chi connectivity index (χ1n) is 7.09. The van der Waals surface area contributed by atoms with Crippen molar-refractivity contribution in [2.24, 2.45) is 5.92 Å². The number of nitrogens with one attached hydrogen (secondary N) is 1. The smallest absolute Gasteiger partial charge is 0.0207 e. The Morgan fingerprint density at radius 1 is 1.18 bits per heavy atom. The van der Waals surface area contributed by atoms with Crippen LogP contribution in [0.5, 0.6) is 0 Å². The lowest BCUT2D eigenvalue weighted by Crippen LogP contribution is -2.29. The first kappa shape index (κ1) is 12.6. The van der Waals surface area contributed by atoms with Crippen LogP contribution in [-0.4, -0.2) is 6.04 Å². The summed E-state index contributed by atoms with van der Waals surface area (Å²) in [5.74, 6) is 1.000. The molecule has 1 aliphatic rings. The second-order valence-corrected chi connectivity index (χ2v) is 5.48. The molecule has 0 amide bonds. The highest BCUT2D eigenvalue weighted by Crippen LogP contribution is 2.30. The molecule has 1 nitrogen and oxygen atoms in total. The molecule has 0 spiro atoms. The van der Waals surface area contributed by atoms with Crippen LogP contribution in [0.3, 0.4) is 0 Å². The van der Waals surface area contributed by atoms with Gasteiger partial charge in [-0.1, -0.05) is 50.5 Å². The highest BCUT2D eigenvalue weighted by atomic mass is 14.9. The maximum Gasteiger partial charge on any atom is 0.0207 e. The second kappa shape index (κ2) is 6.20. The van der Waals surface area contributed by atoms with E-state index in [1.807, 2.05) is 0 Å². The topological polar surface area (TPSA) is 12.0 Å². The molecule has 1 aromatic carbocycles. The summed E-state index contributed by atoms with van der Waals surface area (Å²) in [6.07, 6.45) is 6.85. The van der Waals surface area contributed by atoms with Gasteiger partial charge in [0.1, 0.15) is 0 Å². The molecular weight excluding hydrogens is 206 g/mol. The van der Waals surface area contributed by atoms with Gasteiger partial charge in [-0.05, 0) is 36.8 Å². The third kappa shape index (κ3) is 3.85. The Kier molecular flexibility index (Phi) is 4.61. The Labute approximate surface area is 106 Å². The van der Waals surface area contributed by atoms with Crippen molar-refractivity contribution in [2.45, 2.75) is 58.5 Å². The second-order valence-electron chi connectivity index (χ2n) is 5.48. The van der Waals surface area contributed by atoms with Crippen molar-refractivity contribution in [3.05, 3.63) is 35.4 Å². The van der Waals surface area contributed by atoms with Crippen molar-refractivity contribution in [1.82, 2.24) is 5.32 Å². The van der Waals surface area contributed by atoms with Gasteiger partial charge in [-0.15, -0.1) is 0 Å². The van der Waals surface area contributed by atoms with E-state index < -0.39 is 0 Å². The molecular formula is C16H25N. The molecule has 1 N–H and O–H groups in total. The predicted octanol–water partition coefficient (Wildman–Crippen LogP) is 3.92. The fraction of sp³-hybridized carbons (Fsp3) is 0.625.